The number of carbonyl (C=O) groups excluding carboxylic acids is 2. The van der Waals surface area contributed by atoms with E-state index in [0.717, 1.165) is 30.7 Å². The second-order valence-electron chi connectivity index (χ2n) is 7.77. The molecule has 5 nitrogen and oxygen atoms in total. The van der Waals surface area contributed by atoms with Crippen LogP contribution in [-0.2, 0) is 22.1 Å². The van der Waals surface area contributed by atoms with E-state index in [1.807, 2.05) is 0 Å². The standard InChI is InChI=1S/C21H19ClF3N3O2/c1-21(24,25)14-6-2-12(3-7-14)10-27-17(29)11-28(20(30)18(27)13-4-5-13)19-16(23)8-15(22)9-26-19/h2-3,6-9,13,18H,4-5,10-11H2,1H3/t18-/m0/s1. The molecule has 0 unspecified atom stereocenters. The average molecular weight is 438 g/mol. The SMILES string of the molecule is CC(F)(F)c1ccc(CN2C(=O)CN(c3ncc(Cl)cc3F)C(=O)[C@@H]2C2CC2)cc1. The quantitative estimate of drug-likeness (QED) is 0.706. The summed E-state index contributed by atoms with van der Waals surface area (Å²) in [6.07, 6.45) is 2.79. The van der Waals surface area contributed by atoms with Gasteiger partial charge in [0.1, 0.15) is 12.6 Å². The lowest BCUT2D eigenvalue weighted by molar-refractivity contribution is -0.144. The molecule has 2 aromatic rings. The van der Waals surface area contributed by atoms with E-state index in [-0.39, 0.29) is 41.3 Å². The zero-order valence-corrected chi connectivity index (χ0v) is 16.9. The van der Waals surface area contributed by atoms with Gasteiger partial charge >= 0.3 is 0 Å². The average Bonchev–Trinajstić information content (AvgIpc) is 3.50. The number of carbonyl (C=O) groups is 2. The van der Waals surface area contributed by atoms with E-state index in [2.05, 4.69) is 4.98 Å². The Balaban J connectivity index is 1.59. The number of nitrogens with zero attached hydrogens (tertiary/aromatic N) is 3. The smallest absolute Gasteiger partial charge is 0.270 e. The molecule has 158 valence electrons. The summed E-state index contributed by atoms with van der Waals surface area (Å²) >= 11 is 5.73. The largest absolute Gasteiger partial charge is 0.324 e. The normalized spacial score (nSPS) is 20.1. The van der Waals surface area contributed by atoms with E-state index in [0.29, 0.717) is 5.56 Å². The molecule has 0 bridgehead atoms. The number of piperazine rings is 1. The first-order chi connectivity index (χ1) is 14.1. The molecule has 0 spiro atoms. The number of halogens is 4. The van der Waals surface area contributed by atoms with E-state index >= 15 is 0 Å². The van der Waals surface area contributed by atoms with Crippen molar-refractivity contribution < 1.29 is 22.8 Å². The fraction of sp³-hybridized carbons (Fsp3) is 0.381. The number of rotatable bonds is 5. The molecule has 2 fully saturated rings. The highest BCUT2D eigenvalue weighted by Crippen LogP contribution is 2.39. The summed E-state index contributed by atoms with van der Waals surface area (Å²) in [5.74, 6) is -4.73. The van der Waals surface area contributed by atoms with Gasteiger partial charge in [0.25, 0.3) is 11.8 Å². The van der Waals surface area contributed by atoms with Crippen LogP contribution in [-0.4, -0.2) is 34.3 Å². The first-order valence-corrected chi connectivity index (χ1v) is 9.92. The number of aromatic nitrogens is 1. The van der Waals surface area contributed by atoms with Crippen LogP contribution >= 0.6 is 11.6 Å². The summed E-state index contributed by atoms with van der Waals surface area (Å²) in [7, 11) is 0. The number of pyridine rings is 1. The van der Waals surface area contributed by atoms with Crippen LogP contribution in [0.4, 0.5) is 19.0 Å². The Morgan fingerprint density at radius 2 is 1.87 bits per heavy atom. The van der Waals surface area contributed by atoms with Gasteiger partial charge in [-0.15, -0.1) is 0 Å². The topological polar surface area (TPSA) is 53.5 Å². The van der Waals surface area contributed by atoms with E-state index in [1.165, 1.54) is 35.4 Å². The molecule has 1 aromatic carbocycles. The van der Waals surface area contributed by atoms with E-state index in [9.17, 15) is 22.8 Å². The van der Waals surface area contributed by atoms with Crippen molar-refractivity contribution in [1.82, 2.24) is 9.88 Å². The number of anilines is 1. The number of hydrogen-bond donors (Lipinski definition) is 0. The van der Waals surface area contributed by atoms with Crippen LogP contribution in [0.2, 0.25) is 5.02 Å². The predicted octanol–water partition coefficient (Wildman–Crippen LogP) is 4.14. The minimum absolute atomic E-state index is 0.0149. The zero-order valence-electron chi connectivity index (χ0n) is 16.1. The van der Waals surface area contributed by atoms with Crippen molar-refractivity contribution in [3.05, 3.63) is 58.5 Å². The highest BCUT2D eigenvalue weighted by Gasteiger charge is 2.48. The Labute approximate surface area is 176 Å². The van der Waals surface area contributed by atoms with Crippen LogP contribution < -0.4 is 4.90 Å². The highest BCUT2D eigenvalue weighted by molar-refractivity contribution is 6.30. The first-order valence-electron chi connectivity index (χ1n) is 9.54. The monoisotopic (exact) mass is 437 g/mol. The molecule has 1 saturated carbocycles. The van der Waals surface area contributed by atoms with Crippen molar-refractivity contribution in [3.8, 4) is 0 Å². The molecule has 2 heterocycles. The fourth-order valence-corrected chi connectivity index (χ4v) is 3.84. The molecular weight excluding hydrogens is 419 g/mol. The fourth-order valence-electron chi connectivity index (χ4n) is 3.69. The number of alkyl halides is 2. The van der Waals surface area contributed by atoms with Gasteiger partial charge in [0.2, 0.25) is 5.91 Å². The highest BCUT2D eigenvalue weighted by atomic mass is 35.5. The van der Waals surface area contributed by atoms with Gasteiger partial charge < -0.3 is 4.90 Å². The van der Waals surface area contributed by atoms with E-state index in [1.54, 1.807) is 0 Å². The van der Waals surface area contributed by atoms with Crippen LogP contribution in [0.15, 0.2) is 36.5 Å². The maximum Gasteiger partial charge on any atom is 0.270 e. The molecule has 2 aliphatic rings. The molecule has 30 heavy (non-hydrogen) atoms. The lowest BCUT2D eigenvalue weighted by Crippen LogP contribution is -2.61. The Morgan fingerprint density at radius 3 is 2.43 bits per heavy atom. The van der Waals surface area contributed by atoms with Crippen molar-refractivity contribution in [1.29, 1.82) is 0 Å². The van der Waals surface area contributed by atoms with Crippen LogP contribution in [0.5, 0.6) is 0 Å². The van der Waals surface area contributed by atoms with Crippen molar-refractivity contribution in [2.75, 3.05) is 11.4 Å². The number of benzene rings is 1. The Morgan fingerprint density at radius 1 is 1.20 bits per heavy atom. The van der Waals surface area contributed by atoms with Crippen LogP contribution in [0.25, 0.3) is 0 Å². The second kappa shape index (κ2) is 7.58. The van der Waals surface area contributed by atoms with Gasteiger partial charge in [-0.25, -0.2) is 18.2 Å². The van der Waals surface area contributed by atoms with Gasteiger partial charge in [-0.05, 0) is 30.4 Å². The molecule has 4 rings (SSSR count). The Kier molecular flexibility index (Phi) is 5.22. The lowest BCUT2D eigenvalue weighted by atomic mass is 10.0. The molecule has 0 N–H and O–H groups in total. The number of amides is 2. The summed E-state index contributed by atoms with van der Waals surface area (Å²) in [5, 5.41) is 0.0912. The minimum atomic E-state index is -2.96. The van der Waals surface area contributed by atoms with Gasteiger partial charge in [-0.2, -0.15) is 0 Å². The predicted molar refractivity (Wildman–Crippen MR) is 105 cm³/mol. The molecule has 1 aliphatic carbocycles. The van der Waals surface area contributed by atoms with Crippen molar-refractivity contribution in [2.24, 2.45) is 5.92 Å². The summed E-state index contributed by atoms with van der Waals surface area (Å²) < 4.78 is 41.2. The van der Waals surface area contributed by atoms with Gasteiger partial charge in [-0.1, -0.05) is 35.9 Å². The van der Waals surface area contributed by atoms with Gasteiger partial charge in [0.05, 0.1) is 5.02 Å². The third-order valence-corrected chi connectivity index (χ3v) is 5.60. The van der Waals surface area contributed by atoms with Crippen molar-refractivity contribution in [3.63, 3.8) is 0 Å². The minimum Gasteiger partial charge on any atom is -0.324 e. The molecule has 1 aliphatic heterocycles. The zero-order chi connectivity index (χ0) is 21.6. The first kappa shape index (κ1) is 20.7. The van der Waals surface area contributed by atoms with Gasteiger partial charge in [0.15, 0.2) is 11.6 Å². The molecule has 2 amide bonds. The second-order valence-corrected chi connectivity index (χ2v) is 8.21. The summed E-state index contributed by atoms with van der Waals surface area (Å²) in [4.78, 5) is 32.5. The van der Waals surface area contributed by atoms with Crippen LogP contribution in [0, 0.1) is 11.7 Å². The summed E-state index contributed by atoms with van der Waals surface area (Å²) in [5.41, 5.74) is 0.514. The lowest BCUT2D eigenvalue weighted by Gasteiger charge is -2.40. The third-order valence-electron chi connectivity index (χ3n) is 5.39. The van der Waals surface area contributed by atoms with Gasteiger partial charge in [-0.3, -0.25) is 14.5 Å². The molecule has 1 saturated heterocycles. The Hall–Kier alpha value is -2.61. The molecule has 9 heteroatoms. The van der Waals surface area contributed by atoms with Gasteiger partial charge in [0, 0.05) is 25.2 Å². The number of hydrogen-bond acceptors (Lipinski definition) is 3. The molecular formula is C21H19ClF3N3O2. The molecule has 1 aromatic heterocycles. The van der Waals surface area contributed by atoms with E-state index in [4.69, 9.17) is 11.6 Å². The molecule has 0 radical (unpaired) electrons. The summed E-state index contributed by atoms with van der Waals surface area (Å²) in [6.45, 7) is 0.584. The van der Waals surface area contributed by atoms with Crippen LogP contribution in [0.1, 0.15) is 30.9 Å². The van der Waals surface area contributed by atoms with Crippen LogP contribution in [0.3, 0.4) is 0 Å². The maximum absolute atomic E-state index is 14.3. The Bertz CT molecular complexity index is 990. The van der Waals surface area contributed by atoms with E-state index < -0.39 is 23.7 Å². The summed E-state index contributed by atoms with van der Waals surface area (Å²) in [6, 6.07) is 6.00. The maximum atomic E-state index is 14.3. The van der Waals surface area contributed by atoms with Crippen molar-refractivity contribution in [2.45, 2.75) is 38.3 Å². The molecule has 1 atom stereocenters. The van der Waals surface area contributed by atoms with Crippen molar-refractivity contribution >= 4 is 29.2 Å². The third kappa shape index (κ3) is 4.01.